The lowest BCUT2D eigenvalue weighted by Crippen LogP contribution is -2.50. The maximum Gasteiger partial charge on any atom is 0.317 e. The topological polar surface area (TPSA) is 78.9 Å². The van der Waals surface area contributed by atoms with Crippen molar-refractivity contribution in [2.75, 3.05) is 26.8 Å². The molecule has 6 heteroatoms. The van der Waals surface area contributed by atoms with Gasteiger partial charge in [0.15, 0.2) is 0 Å². The number of amides is 2. The molecule has 0 spiro atoms. The Labute approximate surface area is 119 Å². The summed E-state index contributed by atoms with van der Waals surface area (Å²) in [6.07, 6.45) is 5.08. The maximum absolute atomic E-state index is 12.1. The van der Waals surface area contributed by atoms with Crippen LogP contribution < -0.4 is 5.32 Å². The van der Waals surface area contributed by atoms with Gasteiger partial charge in [0, 0.05) is 20.2 Å². The number of aliphatic carboxylic acids is 1. The minimum absolute atomic E-state index is 0.0992. The van der Waals surface area contributed by atoms with Crippen molar-refractivity contribution in [2.24, 2.45) is 5.41 Å². The first-order valence-electron chi connectivity index (χ1n) is 7.37. The van der Waals surface area contributed by atoms with Gasteiger partial charge in [0.2, 0.25) is 0 Å². The number of carbonyl (C=O) groups excluding carboxylic acids is 1. The van der Waals surface area contributed by atoms with Crippen LogP contribution in [0, 0.1) is 5.41 Å². The second-order valence-electron chi connectivity index (χ2n) is 5.93. The van der Waals surface area contributed by atoms with Crippen molar-refractivity contribution in [3.05, 3.63) is 0 Å². The van der Waals surface area contributed by atoms with E-state index in [0.717, 1.165) is 25.7 Å². The largest absolute Gasteiger partial charge is 0.481 e. The van der Waals surface area contributed by atoms with Crippen LogP contribution in [0.15, 0.2) is 0 Å². The molecule has 1 aliphatic heterocycles. The molecule has 2 rings (SSSR count). The van der Waals surface area contributed by atoms with E-state index < -0.39 is 11.4 Å². The highest BCUT2D eigenvalue weighted by Crippen LogP contribution is 2.36. The van der Waals surface area contributed by atoms with Crippen LogP contribution in [0.1, 0.15) is 38.5 Å². The third-order valence-corrected chi connectivity index (χ3v) is 4.62. The van der Waals surface area contributed by atoms with Gasteiger partial charge in [-0.2, -0.15) is 0 Å². The molecule has 1 saturated heterocycles. The lowest BCUT2D eigenvalue weighted by atomic mass is 9.74. The predicted molar refractivity (Wildman–Crippen MR) is 73.5 cm³/mol. The number of ether oxygens (including phenoxy) is 1. The van der Waals surface area contributed by atoms with Gasteiger partial charge >= 0.3 is 12.0 Å². The Hall–Kier alpha value is -1.30. The molecule has 2 N–H and O–H groups in total. The zero-order chi connectivity index (χ0) is 14.6. The summed E-state index contributed by atoms with van der Waals surface area (Å²) in [7, 11) is 1.74. The van der Waals surface area contributed by atoms with Gasteiger partial charge in [-0.1, -0.05) is 19.3 Å². The SMILES string of the molecule is CN(C(=O)NCC1(C(=O)O)CCCCC1)C1CCOC1. The first-order chi connectivity index (χ1) is 9.55. The maximum atomic E-state index is 12.1. The minimum Gasteiger partial charge on any atom is -0.481 e. The summed E-state index contributed by atoms with van der Waals surface area (Å²) in [6.45, 7) is 1.47. The summed E-state index contributed by atoms with van der Waals surface area (Å²) < 4.78 is 5.27. The van der Waals surface area contributed by atoms with Crippen molar-refractivity contribution < 1.29 is 19.4 Å². The number of carbonyl (C=O) groups is 2. The molecule has 1 unspecified atom stereocenters. The van der Waals surface area contributed by atoms with E-state index in [-0.39, 0.29) is 18.6 Å². The molecule has 1 aliphatic carbocycles. The Kier molecular flexibility index (Phi) is 4.86. The molecule has 1 atom stereocenters. The van der Waals surface area contributed by atoms with E-state index in [2.05, 4.69) is 5.32 Å². The van der Waals surface area contributed by atoms with Crippen molar-refractivity contribution in [1.29, 1.82) is 0 Å². The zero-order valence-corrected chi connectivity index (χ0v) is 12.1. The summed E-state index contributed by atoms with van der Waals surface area (Å²) >= 11 is 0. The summed E-state index contributed by atoms with van der Waals surface area (Å²) in [5, 5.41) is 12.3. The number of rotatable bonds is 4. The first-order valence-corrected chi connectivity index (χ1v) is 7.37. The van der Waals surface area contributed by atoms with Crippen LogP contribution in [0.2, 0.25) is 0 Å². The summed E-state index contributed by atoms with van der Waals surface area (Å²) in [5.41, 5.74) is -0.777. The Morgan fingerprint density at radius 2 is 2.05 bits per heavy atom. The number of nitrogens with one attached hydrogen (secondary N) is 1. The van der Waals surface area contributed by atoms with E-state index in [9.17, 15) is 14.7 Å². The van der Waals surface area contributed by atoms with Crippen molar-refractivity contribution in [2.45, 2.75) is 44.6 Å². The normalized spacial score (nSPS) is 25.1. The molecular weight excluding hydrogens is 260 g/mol. The average Bonchev–Trinajstić information content (AvgIpc) is 2.99. The van der Waals surface area contributed by atoms with E-state index in [1.165, 1.54) is 0 Å². The molecule has 0 radical (unpaired) electrons. The Morgan fingerprint density at radius 1 is 1.35 bits per heavy atom. The molecule has 0 aromatic carbocycles. The monoisotopic (exact) mass is 284 g/mol. The molecule has 1 saturated carbocycles. The third-order valence-electron chi connectivity index (χ3n) is 4.62. The Bertz CT molecular complexity index is 360. The highest BCUT2D eigenvalue weighted by atomic mass is 16.5. The quantitative estimate of drug-likeness (QED) is 0.819. The van der Waals surface area contributed by atoms with Crippen LogP contribution in [-0.4, -0.2) is 54.9 Å². The van der Waals surface area contributed by atoms with Crippen molar-refractivity contribution in [3.8, 4) is 0 Å². The molecule has 20 heavy (non-hydrogen) atoms. The standard InChI is InChI=1S/C14H24N2O4/c1-16(11-5-8-20-9-11)13(19)15-10-14(12(17)18)6-3-2-4-7-14/h11H,2-10H2,1H3,(H,15,19)(H,17,18). The molecular formula is C14H24N2O4. The van der Waals surface area contributed by atoms with Crippen molar-refractivity contribution in [1.82, 2.24) is 10.2 Å². The van der Waals surface area contributed by atoms with Gasteiger partial charge in [-0.3, -0.25) is 4.79 Å². The third kappa shape index (κ3) is 3.23. The molecule has 0 aromatic heterocycles. The fraction of sp³-hybridized carbons (Fsp3) is 0.857. The number of hydrogen-bond acceptors (Lipinski definition) is 3. The van der Waals surface area contributed by atoms with E-state index in [1.807, 2.05) is 0 Å². The molecule has 1 heterocycles. The van der Waals surface area contributed by atoms with Gasteiger partial charge in [0.05, 0.1) is 18.1 Å². The number of urea groups is 1. The molecule has 2 fully saturated rings. The number of likely N-dealkylation sites (N-methyl/N-ethyl adjacent to an activating group) is 1. The van der Waals surface area contributed by atoms with Gasteiger partial charge in [0.25, 0.3) is 0 Å². The second kappa shape index (κ2) is 6.43. The fourth-order valence-corrected chi connectivity index (χ4v) is 3.06. The molecule has 2 amide bonds. The van der Waals surface area contributed by atoms with Gasteiger partial charge in [-0.05, 0) is 19.3 Å². The predicted octanol–water partition coefficient (Wildman–Crippen LogP) is 1.45. The molecule has 0 aromatic rings. The molecule has 0 bridgehead atoms. The van der Waals surface area contributed by atoms with E-state index >= 15 is 0 Å². The lowest BCUT2D eigenvalue weighted by molar-refractivity contribution is -0.150. The van der Waals surface area contributed by atoms with E-state index in [0.29, 0.717) is 26.1 Å². The van der Waals surface area contributed by atoms with Crippen molar-refractivity contribution in [3.63, 3.8) is 0 Å². The number of hydrogen-bond donors (Lipinski definition) is 2. The first kappa shape index (κ1) is 15.1. The molecule has 2 aliphatic rings. The van der Waals surface area contributed by atoms with Crippen LogP contribution in [0.3, 0.4) is 0 Å². The highest BCUT2D eigenvalue weighted by molar-refractivity contribution is 5.78. The van der Waals surface area contributed by atoms with Crippen LogP contribution >= 0.6 is 0 Å². The lowest BCUT2D eigenvalue weighted by Gasteiger charge is -2.34. The van der Waals surface area contributed by atoms with Gasteiger partial charge in [-0.15, -0.1) is 0 Å². The molecule has 114 valence electrons. The number of carboxylic acids is 1. The van der Waals surface area contributed by atoms with Crippen LogP contribution in [-0.2, 0) is 9.53 Å². The second-order valence-corrected chi connectivity index (χ2v) is 5.93. The van der Waals surface area contributed by atoms with Gasteiger partial charge in [0.1, 0.15) is 0 Å². The summed E-state index contributed by atoms with van der Waals surface area (Å²) in [4.78, 5) is 25.3. The van der Waals surface area contributed by atoms with Crippen molar-refractivity contribution >= 4 is 12.0 Å². The van der Waals surface area contributed by atoms with Crippen LogP contribution in [0.4, 0.5) is 4.79 Å². The molecule has 6 nitrogen and oxygen atoms in total. The van der Waals surface area contributed by atoms with Gasteiger partial charge < -0.3 is 20.1 Å². The Balaban J connectivity index is 1.88. The van der Waals surface area contributed by atoms with Crippen LogP contribution in [0.25, 0.3) is 0 Å². The number of carboxylic acid groups (broad SMARTS) is 1. The summed E-state index contributed by atoms with van der Waals surface area (Å²) in [5.74, 6) is -0.788. The average molecular weight is 284 g/mol. The zero-order valence-electron chi connectivity index (χ0n) is 12.1. The van der Waals surface area contributed by atoms with Crippen LogP contribution in [0.5, 0.6) is 0 Å². The smallest absolute Gasteiger partial charge is 0.317 e. The van der Waals surface area contributed by atoms with E-state index in [1.54, 1.807) is 11.9 Å². The highest BCUT2D eigenvalue weighted by Gasteiger charge is 2.40. The van der Waals surface area contributed by atoms with E-state index in [4.69, 9.17) is 4.74 Å². The Morgan fingerprint density at radius 3 is 2.60 bits per heavy atom. The van der Waals surface area contributed by atoms with Gasteiger partial charge in [-0.25, -0.2) is 4.79 Å². The fourth-order valence-electron chi connectivity index (χ4n) is 3.06. The summed E-state index contributed by atoms with van der Waals surface area (Å²) in [6, 6.07) is -0.103. The number of nitrogens with zero attached hydrogens (tertiary/aromatic N) is 1. The minimum atomic E-state index is -0.788.